The van der Waals surface area contributed by atoms with E-state index in [1.165, 1.54) is 6.33 Å². The van der Waals surface area contributed by atoms with Crippen molar-refractivity contribution in [3.05, 3.63) is 36.5 Å². The second-order valence-corrected chi connectivity index (χ2v) is 7.44. The van der Waals surface area contributed by atoms with Gasteiger partial charge in [0.25, 0.3) is 0 Å². The van der Waals surface area contributed by atoms with Gasteiger partial charge in [0, 0.05) is 31.4 Å². The summed E-state index contributed by atoms with van der Waals surface area (Å²) in [6.45, 7) is 7.20. The summed E-state index contributed by atoms with van der Waals surface area (Å²) < 4.78 is 11.3. The van der Waals surface area contributed by atoms with Crippen LogP contribution in [0.3, 0.4) is 0 Å². The third kappa shape index (κ3) is 5.54. The van der Waals surface area contributed by atoms with Crippen LogP contribution in [0.5, 0.6) is 0 Å². The number of ether oxygens (including phenoxy) is 1. The Morgan fingerprint density at radius 3 is 2.78 bits per heavy atom. The Balaban J connectivity index is 1.50. The van der Waals surface area contributed by atoms with Crippen LogP contribution in [0.1, 0.15) is 39.4 Å². The molecule has 0 atom stereocenters. The number of hydrazone groups is 1. The van der Waals surface area contributed by atoms with Crippen LogP contribution in [0.15, 0.2) is 40.2 Å². The number of nitrogens with zero attached hydrogens (tertiary/aromatic N) is 4. The Kier molecular flexibility index (Phi) is 5.73. The molecule has 1 aliphatic heterocycles. The minimum atomic E-state index is -0.441. The SMILES string of the molecule is CC(C)(C)OC(=O)C1CCN(c2ccc(/C=N/Nc3ccncn3)o2)CC1. The highest BCUT2D eigenvalue weighted by Gasteiger charge is 2.29. The molecule has 144 valence electrons. The van der Waals surface area contributed by atoms with Crippen molar-refractivity contribution in [2.75, 3.05) is 23.4 Å². The van der Waals surface area contributed by atoms with Gasteiger partial charge in [0.1, 0.15) is 23.5 Å². The first-order valence-corrected chi connectivity index (χ1v) is 9.03. The highest BCUT2D eigenvalue weighted by molar-refractivity contribution is 5.77. The van der Waals surface area contributed by atoms with Crippen molar-refractivity contribution in [3.8, 4) is 0 Å². The zero-order valence-corrected chi connectivity index (χ0v) is 15.9. The molecule has 0 aromatic carbocycles. The fourth-order valence-corrected chi connectivity index (χ4v) is 2.82. The topological polar surface area (TPSA) is 92.8 Å². The first-order chi connectivity index (χ1) is 12.9. The highest BCUT2D eigenvalue weighted by Crippen LogP contribution is 2.26. The van der Waals surface area contributed by atoms with Crippen molar-refractivity contribution in [3.63, 3.8) is 0 Å². The van der Waals surface area contributed by atoms with Crippen LogP contribution in [-0.2, 0) is 9.53 Å². The van der Waals surface area contributed by atoms with Crippen LogP contribution in [0.4, 0.5) is 11.7 Å². The van der Waals surface area contributed by atoms with E-state index in [-0.39, 0.29) is 11.9 Å². The van der Waals surface area contributed by atoms with E-state index >= 15 is 0 Å². The monoisotopic (exact) mass is 371 g/mol. The number of carbonyl (C=O) groups is 1. The Morgan fingerprint density at radius 2 is 2.11 bits per heavy atom. The second kappa shape index (κ2) is 8.20. The van der Waals surface area contributed by atoms with Gasteiger partial charge in [-0.25, -0.2) is 9.97 Å². The molecule has 0 saturated carbocycles. The lowest BCUT2D eigenvalue weighted by molar-refractivity contribution is -0.160. The molecule has 2 aromatic rings. The standard InChI is InChI=1S/C19H25N5O3/c1-19(2,3)27-18(25)14-7-10-24(11-8-14)17-5-4-15(26-17)12-22-23-16-6-9-20-13-21-16/h4-6,9,12-14H,7-8,10-11H2,1-3H3,(H,20,21,23)/b22-12+. The summed E-state index contributed by atoms with van der Waals surface area (Å²) in [7, 11) is 0. The molecule has 0 amide bonds. The predicted octanol–water partition coefficient (Wildman–Crippen LogP) is 3.07. The van der Waals surface area contributed by atoms with E-state index in [0.717, 1.165) is 31.8 Å². The molecule has 0 spiro atoms. The quantitative estimate of drug-likeness (QED) is 0.490. The van der Waals surface area contributed by atoms with Crippen LogP contribution in [0.2, 0.25) is 0 Å². The van der Waals surface area contributed by atoms with Crippen molar-refractivity contribution in [1.29, 1.82) is 0 Å². The predicted molar refractivity (Wildman–Crippen MR) is 103 cm³/mol. The normalized spacial score (nSPS) is 15.9. The lowest BCUT2D eigenvalue weighted by Crippen LogP contribution is -2.38. The van der Waals surface area contributed by atoms with Crippen molar-refractivity contribution in [1.82, 2.24) is 9.97 Å². The summed E-state index contributed by atoms with van der Waals surface area (Å²) in [5, 5.41) is 4.10. The van der Waals surface area contributed by atoms with Crippen LogP contribution in [-0.4, -0.2) is 40.8 Å². The number of esters is 1. The number of nitrogens with one attached hydrogen (secondary N) is 1. The van der Waals surface area contributed by atoms with Crippen molar-refractivity contribution >= 4 is 23.9 Å². The number of hydrogen-bond acceptors (Lipinski definition) is 8. The summed E-state index contributed by atoms with van der Waals surface area (Å²) in [6.07, 6.45) is 6.20. The third-order valence-electron chi connectivity index (χ3n) is 4.11. The van der Waals surface area contributed by atoms with E-state index in [1.807, 2.05) is 32.9 Å². The van der Waals surface area contributed by atoms with Gasteiger partial charge in [-0.05, 0) is 39.7 Å². The molecule has 3 heterocycles. The van der Waals surface area contributed by atoms with Gasteiger partial charge in [0.05, 0.1) is 12.1 Å². The van der Waals surface area contributed by atoms with Crippen LogP contribution in [0, 0.1) is 5.92 Å². The largest absolute Gasteiger partial charge is 0.460 e. The van der Waals surface area contributed by atoms with Gasteiger partial charge in [-0.15, -0.1) is 0 Å². The van der Waals surface area contributed by atoms with Crippen LogP contribution < -0.4 is 10.3 Å². The molecule has 0 aliphatic carbocycles. The maximum atomic E-state index is 12.2. The molecule has 8 heteroatoms. The molecule has 1 fully saturated rings. The zero-order chi connectivity index (χ0) is 19.3. The first-order valence-electron chi connectivity index (χ1n) is 9.03. The Bertz CT molecular complexity index is 774. The summed E-state index contributed by atoms with van der Waals surface area (Å²) in [6, 6.07) is 5.50. The lowest BCUT2D eigenvalue weighted by Gasteiger charge is -2.32. The number of rotatable bonds is 5. The fourth-order valence-electron chi connectivity index (χ4n) is 2.82. The third-order valence-corrected chi connectivity index (χ3v) is 4.11. The molecule has 8 nitrogen and oxygen atoms in total. The maximum Gasteiger partial charge on any atom is 0.309 e. The van der Waals surface area contributed by atoms with Gasteiger partial charge in [-0.3, -0.25) is 10.2 Å². The molecule has 0 bridgehead atoms. The smallest absolute Gasteiger partial charge is 0.309 e. The summed E-state index contributed by atoms with van der Waals surface area (Å²) in [5.74, 6) is 1.87. The van der Waals surface area contributed by atoms with Gasteiger partial charge in [0.2, 0.25) is 0 Å². The van der Waals surface area contributed by atoms with Crippen molar-refractivity contribution in [2.45, 2.75) is 39.2 Å². The van der Waals surface area contributed by atoms with Gasteiger partial charge < -0.3 is 14.1 Å². The molecular weight excluding hydrogens is 346 g/mol. The molecule has 1 saturated heterocycles. The van der Waals surface area contributed by atoms with Gasteiger partial charge >= 0.3 is 5.97 Å². The van der Waals surface area contributed by atoms with E-state index in [9.17, 15) is 4.79 Å². The first kappa shape index (κ1) is 18.9. The van der Waals surface area contributed by atoms with Gasteiger partial charge in [0.15, 0.2) is 5.88 Å². The Labute approximate surface area is 158 Å². The molecule has 0 unspecified atom stereocenters. The number of furan rings is 1. The molecule has 27 heavy (non-hydrogen) atoms. The summed E-state index contributed by atoms with van der Waals surface area (Å²) in [5.41, 5.74) is 2.37. The highest BCUT2D eigenvalue weighted by atomic mass is 16.6. The average molecular weight is 371 g/mol. The zero-order valence-electron chi connectivity index (χ0n) is 15.9. The molecular formula is C19H25N5O3. The second-order valence-electron chi connectivity index (χ2n) is 7.44. The van der Waals surface area contributed by atoms with E-state index in [0.29, 0.717) is 11.6 Å². The summed E-state index contributed by atoms with van der Waals surface area (Å²) in [4.78, 5) is 22.2. The van der Waals surface area contributed by atoms with Crippen LogP contribution in [0.25, 0.3) is 0 Å². The van der Waals surface area contributed by atoms with Gasteiger partial charge in [-0.2, -0.15) is 5.10 Å². The van der Waals surface area contributed by atoms with E-state index in [4.69, 9.17) is 9.15 Å². The fraction of sp³-hybridized carbons (Fsp3) is 0.474. The summed E-state index contributed by atoms with van der Waals surface area (Å²) >= 11 is 0. The lowest BCUT2D eigenvalue weighted by atomic mass is 9.97. The Morgan fingerprint density at radius 1 is 1.33 bits per heavy atom. The van der Waals surface area contributed by atoms with Crippen LogP contribution >= 0.6 is 0 Å². The minimum absolute atomic E-state index is 0.0477. The number of anilines is 2. The molecule has 3 rings (SSSR count). The minimum Gasteiger partial charge on any atom is -0.460 e. The van der Waals surface area contributed by atoms with E-state index < -0.39 is 5.60 Å². The maximum absolute atomic E-state index is 12.2. The average Bonchev–Trinajstić information content (AvgIpc) is 3.10. The Hall–Kier alpha value is -2.90. The molecule has 1 aliphatic rings. The number of piperidine rings is 1. The van der Waals surface area contributed by atoms with Crippen molar-refractivity contribution < 1.29 is 13.9 Å². The van der Waals surface area contributed by atoms with Gasteiger partial charge in [-0.1, -0.05) is 0 Å². The van der Waals surface area contributed by atoms with E-state index in [1.54, 1.807) is 18.5 Å². The number of hydrogen-bond donors (Lipinski definition) is 1. The molecule has 2 aromatic heterocycles. The van der Waals surface area contributed by atoms with Crippen molar-refractivity contribution in [2.24, 2.45) is 11.0 Å². The number of aromatic nitrogens is 2. The van der Waals surface area contributed by atoms with E-state index in [2.05, 4.69) is 25.4 Å². The molecule has 0 radical (unpaired) electrons. The molecule has 1 N–H and O–H groups in total. The number of carbonyl (C=O) groups excluding carboxylic acids is 1.